The SMILES string of the molecule is C[C@@H](CC#N)[C@@H](NC(=O)[C@@H]1Cc2ccccc2CN1C(=O)OCc1ccccc1)C(=O)O. The molecule has 8 heteroatoms. The number of hydrogen-bond donors (Lipinski definition) is 2. The number of carbonyl (C=O) groups excluding carboxylic acids is 2. The van der Waals surface area contributed by atoms with Gasteiger partial charge in [-0.05, 0) is 16.7 Å². The van der Waals surface area contributed by atoms with Crippen molar-refractivity contribution < 1.29 is 24.2 Å². The van der Waals surface area contributed by atoms with Crippen LogP contribution in [0.5, 0.6) is 0 Å². The van der Waals surface area contributed by atoms with Gasteiger partial charge in [-0.25, -0.2) is 9.59 Å². The van der Waals surface area contributed by atoms with Crippen LogP contribution in [-0.4, -0.2) is 40.1 Å². The molecule has 0 saturated heterocycles. The smallest absolute Gasteiger partial charge is 0.411 e. The molecule has 0 radical (unpaired) electrons. The number of carboxylic acid groups (broad SMARTS) is 1. The average molecular weight is 435 g/mol. The normalized spacial score (nSPS) is 16.8. The molecule has 2 aromatic rings. The standard InChI is InChI=1S/C24H25N3O5/c1-16(11-12-25)21(23(29)30)26-22(28)20-13-18-9-5-6-10-19(18)14-27(20)24(31)32-15-17-7-3-2-4-8-17/h2-10,16,20-21H,11,13-15H2,1H3,(H,26,28)(H,29,30)/t16-,20-,21+/m0/s1. The summed E-state index contributed by atoms with van der Waals surface area (Å²) in [4.78, 5) is 39.0. The van der Waals surface area contributed by atoms with Gasteiger partial charge >= 0.3 is 12.1 Å². The Morgan fingerprint density at radius 1 is 1.16 bits per heavy atom. The molecule has 0 aromatic heterocycles. The van der Waals surface area contributed by atoms with E-state index in [0.29, 0.717) is 0 Å². The maximum Gasteiger partial charge on any atom is 0.411 e. The third kappa shape index (κ3) is 5.43. The lowest BCUT2D eigenvalue weighted by atomic mass is 9.93. The maximum atomic E-state index is 13.1. The first-order valence-corrected chi connectivity index (χ1v) is 10.3. The molecule has 2 amide bonds. The summed E-state index contributed by atoms with van der Waals surface area (Å²) in [6.07, 6.45) is -0.435. The van der Waals surface area contributed by atoms with E-state index in [-0.39, 0.29) is 26.0 Å². The highest BCUT2D eigenvalue weighted by Gasteiger charge is 2.38. The van der Waals surface area contributed by atoms with E-state index in [1.165, 1.54) is 4.90 Å². The Hall–Kier alpha value is -3.86. The molecule has 3 rings (SSSR count). The number of aliphatic carboxylic acids is 1. The van der Waals surface area contributed by atoms with Gasteiger partial charge in [0, 0.05) is 18.8 Å². The van der Waals surface area contributed by atoms with Gasteiger partial charge in [0.2, 0.25) is 5.91 Å². The number of fused-ring (bicyclic) bond motifs is 1. The van der Waals surface area contributed by atoms with Crippen molar-refractivity contribution in [2.45, 2.75) is 45.0 Å². The first-order valence-electron chi connectivity index (χ1n) is 10.3. The van der Waals surface area contributed by atoms with Crippen molar-refractivity contribution in [3.8, 4) is 6.07 Å². The first kappa shape index (κ1) is 22.8. The molecule has 32 heavy (non-hydrogen) atoms. The zero-order chi connectivity index (χ0) is 23.1. The summed E-state index contributed by atoms with van der Waals surface area (Å²) in [5.74, 6) is -2.40. The number of nitriles is 1. The number of ether oxygens (including phenoxy) is 1. The molecule has 3 atom stereocenters. The fourth-order valence-electron chi connectivity index (χ4n) is 3.71. The minimum Gasteiger partial charge on any atom is -0.480 e. The summed E-state index contributed by atoms with van der Waals surface area (Å²) in [7, 11) is 0. The predicted octanol–water partition coefficient (Wildman–Crippen LogP) is 2.87. The van der Waals surface area contributed by atoms with E-state index in [9.17, 15) is 19.5 Å². The van der Waals surface area contributed by atoms with E-state index in [0.717, 1.165) is 16.7 Å². The summed E-state index contributed by atoms with van der Waals surface area (Å²) in [5.41, 5.74) is 2.63. The Morgan fingerprint density at radius 3 is 2.47 bits per heavy atom. The van der Waals surface area contributed by atoms with Gasteiger partial charge in [0.25, 0.3) is 0 Å². The molecular formula is C24H25N3O5. The van der Waals surface area contributed by atoms with Crippen LogP contribution >= 0.6 is 0 Å². The summed E-state index contributed by atoms with van der Waals surface area (Å²) in [5, 5.41) is 21.0. The molecule has 1 heterocycles. The van der Waals surface area contributed by atoms with Crippen LogP contribution in [0.25, 0.3) is 0 Å². The molecule has 1 aliphatic rings. The van der Waals surface area contributed by atoms with Crippen molar-refractivity contribution in [3.05, 3.63) is 71.3 Å². The molecule has 0 aliphatic carbocycles. The number of benzene rings is 2. The van der Waals surface area contributed by atoms with E-state index in [4.69, 9.17) is 10.00 Å². The molecule has 0 fully saturated rings. The molecule has 0 bridgehead atoms. The maximum absolute atomic E-state index is 13.1. The molecule has 2 aromatic carbocycles. The lowest BCUT2D eigenvalue weighted by Crippen LogP contribution is -2.56. The van der Waals surface area contributed by atoms with Crippen molar-refractivity contribution in [1.82, 2.24) is 10.2 Å². The average Bonchev–Trinajstić information content (AvgIpc) is 2.80. The van der Waals surface area contributed by atoms with Gasteiger partial charge in [-0.1, -0.05) is 61.5 Å². The van der Waals surface area contributed by atoms with E-state index < -0.39 is 36.0 Å². The zero-order valence-electron chi connectivity index (χ0n) is 17.7. The van der Waals surface area contributed by atoms with E-state index in [2.05, 4.69) is 5.32 Å². The number of hydrogen-bond acceptors (Lipinski definition) is 5. The Kier molecular flexibility index (Phi) is 7.45. The summed E-state index contributed by atoms with van der Waals surface area (Å²) < 4.78 is 5.45. The first-order chi connectivity index (χ1) is 15.4. The summed E-state index contributed by atoms with van der Waals surface area (Å²) in [6.45, 7) is 1.82. The Balaban J connectivity index is 1.79. The predicted molar refractivity (Wildman–Crippen MR) is 115 cm³/mol. The molecule has 0 unspecified atom stereocenters. The second kappa shape index (κ2) is 10.4. The van der Waals surface area contributed by atoms with E-state index >= 15 is 0 Å². The van der Waals surface area contributed by atoms with Gasteiger partial charge in [0.15, 0.2) is 0 Å². The second-order valence-electron chi connectivity index (χ2n) is 7.82. The second-order valence-corrected chi connectivity index (χ2v) is 7.82. The Morgan fingerprint density at radius 2 is 1.81 bits per heavy atom. The van der Waals surface area contributed by atoms with Crippen molar-refractivity contribution >= 4 is 18.0 Å². The minimum absolute atomic E-state index is 0.0203. The number of amides is 2. The van der Waals surface area contributed by atoms with Crippen molar-refractivity contribution in [1.29, 1.82) is 5.26 Å². The molecule has 166 valence electrons. The Bertz CT molecular complexity index is 1020. The third-order valence-corrected chi connectivity index (χ3v) is 5.54. The third-order valence-electron chi connectivity index (χ3n) is 5.54. The van der Waals surface area contributed by atoms with E-state index in [1.807, 2.05) is 60.7 Å². The van der Waals surface area contributed by atoms with Crippen LogP contribution in [-0.2, 0) is 33.9 Å². The monoisotopic (exact) mass is 435 g/mol. The van der Waals surface area contributed by atoms with Crippen LogP contribution in [0.1, 0.15) is 30.0 Å². The highest BCUT2D eigenvalue weighted by atomic mass is 16.6. The Labute approximate surface area is 186 Å². The van der Waals surface area contributed by atoms with Crippen LogP contribution in [0.3, 0.4) is 0 Å². The fraction of sp³-hybridized carbons (Fsp3) is 0.333. The summed E-state index contributed by atoms with van der Waals surface area (Å²) in [6, 6.07) is 16.4. The molecule has 1 aliphatic heterocycles. The zero-order valence-corrected chi connectivity index (χ0v) is 17.7. The lowest BCUT2D eigenvalue weighted by Gasteiger charge is -2.36. The number of carbonyl (C=O) groups is 3. The van der Waals surface area contributed by atoms with Gasteiger partial charge < -0.3 is 15.2 Å². The molecular weight excluding hydrogens is 410 g/mol. The number of rotatable bonds is 7. The number of nitrogens with one attached hydrogen (secondary N) is 1. The molecule has 0 saturated carbocycles. The van der Waals surface area contributed by atoms with Crippen LogP contribution < -0.4 is 5.32 Å². The highest BCUT2D eigenvalue weighted by Crippen LogP contribution is 2.25. The van der Waals surface area contributed by atoms with Crippen LogP contribution in [0.2, 0.25) is 0 Å². The number of carboxylic acids is 1. The van der Waals surface area contributed by atoms with Gasteiger partial charge in [-0.3, -0.25) is 9.69 Å². The minimum atomic E-state index is -1.23. The van der Waals surface area contributed by atoms with E-state index in [1.54, 1.807) is 6.92 Å². The van der Waals surface area contributed by atoms with Gasteiger partial charge in [0.05, 0.1) is 12.6 Å². The van der Waals surface area contributed by atoms with Crippen molar-refractivity contribution in [2.75, 3.05) is 0 Å². The van der Waals surface area contributed by atoms with Gasteiger partial charge in [0.1, 0.15) is 18.7 Å². The molecule has 8 nitrogen and oxygen atoms in total. The van der Waals surface area contributed by atoms with Crippen molar-refractivity contribution in [2.24, 2.45) is 5.92 Å². The van der Waals surface area contributed by atoms with Crippen LogP contribution in [0.4, 0.5) is 4.79 Å². The number of nitrogens with zero attached hydrogens (tertiary/aromatic N) is 2. The summed E-state index contributed by atoms with van der Waals surface area (Å²) >= 11 is 0. The van der Waals surface area contributed by atoms with Crippen molar-refractivity contribution in [3.63, 3.8) is 0 Å². The molecule has 0 spiro atoms. The van der Waals surface area contributed by atoms with Gasteiger partial charge in [-0.2, -0.15) is 5.26 Å². The van der Waals surface area contributed by atoms with Crippen LogP contribution in [0, 0.1) is 17.2 Å². The fourth-order valence-corrected chi connectivity index (χ4v) is 3.71. The highest BCUT2D eigenvalue weighted by molar-refractivity contribution is 5.90. The lowest BCUT2D eigenvalue weighted by molar-refractivity contribution is -0.144. The quantitative estimate of drug-likeness (QED) is 0.690. The van der Waals surface area contributed by atoms with Crippen LogP contribution in [0.15, 0.2) is 54.6 Å². The topological polar surface area (TPSA) is 120 Å². The van der Waals surface area contributed by atoms with Gasteiger partial charge in [-0.15, -0.1) is 0 Å². The largest absolute Gasteiger partial charge is 0.480 e. The molecule has 2 N–H and O–H groups in total.